The summed E-state index contributed by atoms with van der Waals surface area (Å²) in [5.41, 5.74) is 0. The van der Waals surface area contributed by atoms with E-state index in [2.05, 4.69) is 24.5 Å². The summed E-state index contributed by atoms with van der Waals surface area (Å²) in [6.45, 7) is 5.99. The van der Waals surface area contributed by atoms with E-state index in [-0.39, 0.29) is 12.2 Å². The average molecular weight is 212 g/mol. The van der Waals surface area contributed by atoms with Gasteiger partial charge < -0.3 is 15.4 Å². The molecule has 2 rings (SSSR count). The van der Waals surface area contributed by atoms with Gasteiger partial charge in [-0.15, -0.1) is 0 Å². The maximum absolute atomic E-state index is 10.8. The minimum absolute atomic E-state index is 0.0237. The molecule has 1 amide bonds. The highest BCUT2D eigenvalue weighted by Crippen LogP contribution is 2.33. The van der Waals surface area contributed by atoms with Crippen LogP contribution in [0.2, 0.25) is 0 Å². The third kappa shape index (κ3) is 2.62. The van der Waals surface area contributed by atoms with E-state index in [4.69, 9.17) is 4.74 Å². The standard InChI is InChI=1S/C11H20N2O2/c1-7(2)8-3-9(4-8)12-5-10-6-13-11(14)15-10/h7-10,12H,3-6H2,1-2H3,(H,13,14). The average Bonchev–Trinajstić information content (AvgIpc) is 2.48. The van der Waals surface area contributed by atoms with E-state index in [0.29, 0.717) is 12.6 Å². The normalized spacial score (nSPS) is 34.9. The highest BCUT2D eigenvalue weighted by Gasteiger charge is 2.32. The predicted molar refractivity (Wildman–Crippen MR) is 57.6 cm³/mol. The van der Waals surface area contributed by atoms with Gasteiger partial charge in [0, 0.05) is 12.6 Å². The Morgan fingerprint density at radius 2 is 2.27 bits per heavy atom. The van der Waals surface area contributed by atoms with Gasteiger partial charge in [0.1, 0.15) is 6.10 Å². The van der Waals surface area contributed by atoms with Gasteiger partial charge in [-0.2, -0.15) is 0 Å². The molecule has 1 saturated carbocycles. The number of amides is 1. The lowest BCUT2D eigenvalue weighted by molar-refractivity contribution is 0.121. The van der Waals surface area contributed by atoms with Gasteiger partial charge in [0.05, 0.1) is 6.54 Å². The molecule has 0 spiro atoms. The molecule has 0 bridgehead atoms. The number of ether oxygens (including phenoxy) is 1. The van der Waals surface area contributed by atoms with Crippen molar-refractivity contribution in [1.29, 1.82) is 0 Å². The Bertz CT molecular complexity index is 237. The van der Waals surface area contributed by atoms with E-state index in [1.807, 2.05) is 0 Å². The highest BCUT2D eigenvalue weighted by molar-refractivity contribution is 5.69. The van der Waals surface area contributed by atoms with Crippen molar-refractivity contribution < 1.29 is 9.53 Å². The van der Waals surface area contributed by atoms with Crippen molar-refractivity contribution in [3.8, 4) is 0 Å². The maximum Gasteiger partial charge on any atom is 0.407 e. The van der Waals surface area contributed by atoms with Gasteiger partial charge >= 0.3 is 6.09 Å². The molecule has 0 radical (unpaired) electrons. The summed E-state index contributed by atoms with van der Waals surface area (Å²) < 4.78 is 5.04. The molecule has 86 valence electrons. The van der Waals surface area contributed by atoms with E-state index in [0.717, 1.165) is 18.4 Å². The molecule has 4 heteroatoms. The van der Waals surface area contributed by atoms with Gasteiger partial charge in [0.25, 0.3) is 0 Å². The minimum atomic E-state index is -0.282. The molecular weight excluding hydrogens is 192 g/mol. The Hall–Kier alpha value is -0.770. The lowest BCUT2D eigenvalue weighted by Gasteiger charge is -2.39. The van der Waals surface area contributed by atoms with Crippen molar-refractivity contribution in [3.63, 3.8) is 0 Å². The van der Waals surface area contributed by atoms with Crippen molar-refractivity contribution in [2.75, 3.05) is 13.1 Å². The summed E-state index contributed by atoms with van der Waals surface area (Å²) in [4.78, 5) is 10.8. The summed E-state index contributed by atoms with van der Waals surface area (Å²) in [7, 11) is 0. The lowest BCUT2D eigenvalue weighted by Crippen LogP contribution is -2.46. The van der Waals surface area contributed by atoms with Crippen LogP contribution in [0.15, 0.2) is 0 Å². The van der Waals surface area contributed by atoms with Crippen LogP contribution in [0.4, 0.5) is 4.79 Å². The predicted octanol–water partition coefficient (Wildman–Crippen LogP) is 1.12. The Balaban J connectivity index is 1.58. The Kier molecular flexibility index (Phi) is 3.14. The van der Waals surface area contributed by atoms with Crippen LogP contribution in [0.1, 0.15) is 26.7 Å². The topological polar surface area (TPSA) is 50.4 Å². The number of hydrogen-bond donors (Lipinski definition) is 2. The third-order valence-electron chi connectivity index (χ3n) is 3.50. The van der Waals surface area contributed by atoms with Crippen molar-refractivity contribution in [2.45, 2.75) is 38.8 Å². The molecule has 2 fully saturated rings. The van der Waals surface area contributed by atoms with Crippen molar-refractivity contribution >= 4 is 6.09 Å². The molecule has 1 heterocycles. The first-order valence-corrected chi connectivity index (χ1v) is 5.83. The second-order valence-electron chi connectivity index (χ2n) is 4.99. The first-order valence-electron chi connectivity index (χ1n) is 5.83. The fraction of sp³-hybridized carbons (Fsp3) is 0.909. The zero-order chi connectivity index (χ0) is 10.8. The monoisotopic (exact) mass is 212 g/mol. The number of cyclic esters (lactones) is 1. The first kappa shape index (κ1) is 10.7. The van der Waals surface area contributed by atoms with Gasteiger partial charge in [-0.3, -0.25) is 0 Å². The van der Waals surface area contributed by atoms with Crippen LogP contribution in [0.25, 0.3) is 0 Å². The van der Waals surface area contributed by atoms with Crippen molar-refractivity contribution in [1.82, 2.24) is 10.6 Å². The van der Waals surface area contributed by atoms with Gasteiger partial charge in [0.2, 0.25) is 0 Å². The second-order valence-corrected chi connectivity index (χ2v) is 4.99. The van der Waals surface area contributed by atoms with Crippen LogP contribution < -0.4 is 10.6 Å². The van der Waals surface area contributed by atoms with Crippen LogP contribution in [-0.2, 0) is 4.74 Å². The third-order valence-corrected chi connectivity index (χ3v) is 3.50. The number of hydrogen-bond acceptors (Lipinski definition) is 3. The molecule has 1 unspecified atom stereocenters. The van der Waals surface area contributed by atoms with E-state index < -0.39 is 0 Å². The number of carbonyl (C=O) groups is 1. The van der Waals surface area contributed by atoms with Gasteiger partial charge in [-0.25, -0.2) is 4.79 Å². The molecule has 15 heavy (non-hydrogen) atoms. The van der Waals surface area contributed by atoms with Crippen LogP contribution >= 0.6 is 0 Å². The fourth-order valence-electron chi connectivity index (χ4n) is 2.22. The lowest BCUT2D eigenvalue weighted by atomic mass is 9.73. The second kappa shape index (κ2) is 4.39. The quantitative estimate of drug-likeness (QED) is 0.734. The summed E-state index contributed by atoms with van der Waals surface area (Å²) in [6, 6.07) is 0.636. The summed E-state index contributed by atoms with van der Waals surface area (Å²) >= 11 is 0. The van der Waals surface area contributed by atoms with E-state index >= 15 is 0 Å². The molecule has 0 aromatic rings. The maximum atomic E-state index is 10.8. The number of alkyl carbamates (subject to hydrolysis) is 1. The van der Waals surface area contributed by atoms with E-state index in [9.17, 15) is 4.79 Å². The number of rotatable bonds is 4. The van der Waals surface area contributed by atoms with E-state index in [1.165, 1.54) is 12.8 Å². The Morgan fingerprint density at radius 1 is 1.53 bits per heavy atom. The summed E-state index contributed by atoms with van der Waals surface area (Å²) in [5, 5.41) is 6.10. The zero-order valence-electron chi connectivity index (χ0n) is 9.45. The number of carbonyl (C=O) groups excluding carboxylic acids is 1. The molecule has 2 aliphatic rings. The number of nitrogens with one attached hydrogen (secondary N) is 2. The Labute approximate surface area is 90.8 Å². The molecule has 1 saturated heterocycles. The highest BCUT2D eigenvalue weighted by atomic mass is 16.6. The summed E-state index contributed by atoms with van der Waals surface area (Å²) in [5.74, 6) is 1.68. The first-order chi connectivity index (χ1) is 7.15. The van der Waals surface area contributed by atoms with Crippen LogP contribution in [-0.4, -0.2) is 31.3 Å². The largest absolute Gasteiger partial charge is 0.443 e. The smallest absolute Gasteiger partial charge is 0.407 e. The van der Waals surface area contributed by atoms with Crippen molar-refractivity contribution in [3.05, 3.63) is 0 Å². The molecule has 2 N–H and O–H groups in total. The molecule has 0 aromatic carbocycles. The zero-order valence-corrected chi connectivity index (χ0v) is 9.45. The van der Waals surface area contributed by atoms with Crippen LogP contribution in [0.5, 0.6) is 0 Å². The molecule has 1 aliphatic heterocycles. The SMILES string of the molecule is CC(C)C1CC(NCC2CNC(=O)O2)C1. The molecule has 4 nitrogen and oxygen atoms in total. The van der Waals surface area contributed by atoms with Gasteiger partial charge in [-0.1, -0.05) is 13.8 Å². The summed E-state index contributed by atoms with van der Waals surface area (Å²) in [6.07, 6.45) is 2.28. The fourth-order valence-corrected chi connectivity index (χ4v) is 2.22. The van der Waals surface area contributed by atoms with Gasteiger partial charge in [0.15, 0.2) is 0 Å². The van der Waals surface area contributed by atoms with Crippen LogP contribution in [0.3, 0.4) is 0 Å². The van der Waals surface area contributed by atoms with E-state index in [1.54, 1.807) is 0 Å². The van der Waals surface area contributed by atoms with Gasteiger partial charge in [-0.05, 0) is 24.7 Å². The molecule has 1 aliphatic carbocycles. The van der Waals surface area contributed by atoms with Crippen molar-refractivity contribution in [2.24, 2.45) is 11.8 Å². The Morgan fingerprint density at radius 3 is 2.80 bits per heavy atom. The minimum Gasteiger partial charge on any atom is -0.443 e. The molecule has 1 atom stereocenters. The molecular formula is C11H20N2O2. The molecule has 0 aromatic heterocycles. The van der Waals surface area contributed by atoms with Crippen LogP contribution in [0, 0.1) is 11.8 Å².